The molecule has 0 aliphatic carbocycles. The molecule has 1 heterocycles. The molecule has 17 heavy (non-hydrogen) atoms. The summed E-state index contributed by atoms with van der Waals surface area (Å²) in [7, 11) is 0. The highest BCUT2D eigenvalue weighted by Crippen LogP contribution is 2.15. The Kier molecular flexibility index (Phi) is 4.13. The van der Waals surface area contributed by atoms with Gasteiger partial charge in [-0.05, 0) is 43.6 Å². The van der Waals surface area contributed by atoms with E-state index in [9.17, 15) is 4.39 Å². The molecule has 1 aromatic carbocycles. The van der Waals surface area contributed by atoms with Crippen LogP contribution in [-0.4, -0.2) is 24.5 Å². The van der Waals surface area contributed by atoms with Crippen molar-refractivity contribution in [3.05, 3.63) is 35.1 Å². The summed E-state index contributed by atoms with van der Waals surface area (Å²) in [6, 6.07) is 5.16. The summed E-state index contributed by atoms with van der Waals surface area (Å²) in [4.78, 5) is 2.38. The third-order valence-corrected chi connectivity index (χ3v) is 2.96. The average molecular weight is 232 g/mol. The number of rotatable bonds is 2. The zero-order valence-corrected chi connectivity index (χ0v) is 9.88. The molecule has 0 bridgehead atoms. The molecule has 1 saturated heterocycles. The summed E-state index contributed by atoms with van der Waals surface area (Å²) in [5.74, 6) is 5.19. The van der Waals surface area contributed by atoms with Gasteiger partial charge in [-0.2, -0.15) is 0 Å². The standard InChI is InChI=1S/C14H17FN2/c15-14-6-5-12(10-13(14)4-3-7-16)11-17-8-1-2-9-17/h5-6,10H,1-2,7-9,11,16H2. The zero-order chi connectivity index (χ0) is 12.1. The van der Waals surface area contributed by atoms with Crippen LogP contribution < -0.4 is 5.73 Å². The first-order valence-corrected chi connectivity index (χ1v) is 5.99. The van der Waals surface area contributed by atoms with E-state index in [1.807, 2.05) is 12.1 Å². The number of hydrogen-bond acceptors (Lipinski definition) is 2. The second-order valence-electron chi connectivity index (χ2n) is 4.30. The van der Waals surface area contributed by atoms with Crippen molar-refractivity contribution in [2.45, 2.75) is 19.4 Å². The van der Waals surface area contributed by atoms with Gasteiger partial charge in [0.1, 0.15) is 5.82 Å². The van der Waals surface area contributed by atoms with E-state index in [1.165, 1.54) is 18.9 Å². The molecule has 0 amide bonds. The van der Waals surface area contributed by atoms with Crippen molar-refractivity contribution in [1.82, 2.24) is 4.90 Å². The van der Waals surface area contributed by atoms with E-state index in [-0.39, 0.29) is 12.4 Å². The number of benzene rings is 1. The summed E-state index contributed by atoms with van der Waals surface area (Å²) in [5.41, 5.74) is 6.86. The van der Waals surface area contributed by atoms with Crippen LogP contribution in [-0.2, 0) is 6.54 Å². The van der Waals surface area contributed by atoms with Gasteiger partial charge >= 0.3 is 0 Å². The highest BCUT2D eigenvalue weighted by atomic mass is 19.1. The lowest BCUT2D eigenvalue weighted by atomic mass is 10.1. The Morgan fingerprint density at radius 2 is 2.06 bits per heavy atom. The number of nitrogens with zero attached hydrogens (tertiary/aromatic N) is 1. The molecule has 1 aliphatic rings. The van der Waals surface area contributed by atoms with Crippen LogP contribution >= 0.6 is 0 Å². The Labute approximate surface area is 102 Å². The summed E-state index contributed by atoms with van der Waals surface area (Å²) in [5, 5.41) is 0. The molecule has 2 nitrogen and oxygen atoms in total. The summed E-state index contributed by atoms with van der Waals surface area (Å²) in [6.07, 6.45) is 2.53. The van der Waals surface area contributed by atoms with Gasteiger partial charge in [0.2, 0.25) is 0 Å². The highest BCUT2D eigenvalue weighted by molar-refractivity contribution is 5.38. The maximum absolute atomic E-state index is 13.4. The van der Waals surface area contributed by atoms with Crippen LogP contribution in [0.2, 0.25) is 0 Å². The van der Waals surface area contributed by atoms with E-state index in [0.29, 0.717) is 5.56 Å². The fraction of sp³-hybridized carbons (Fsp3) is 0.429. The third-order valence-electron chi connectivity index (χ3n) is 2.96. The van der Waals surface area contributed by atoms with Gasteiger partial charge in [0.25, 0.3) is 0 Å². The monoisotopic (exact) mass is 232 g/mol. The maximum atomic E-state index is 13.4. The summed E-state index contributed by atoms with van der Waals surface area (Å²) in [6.45, 7) is 3.43. The van der Waals surface area contributed by atoms with Crippen LogP contribution in [0.5, 0.6) is 0 Å². The molecule has 1 aromatic rings. The maximum Gasteiger partial charge on any atom is 0.138 e. The van der Waals surface area contributed by atoms with Crippen LogP contribution in [0.1, 0.15) is 24.0 Å². The lowest BCUT2D eigenvalue weighted by Gasteiger charge is -2.14. The zero-order valence-electron chi connectivity index (χ0n) is 9.88. The molecule has 0 unspecified atom stereocenters. The summed E-state index contributed by atoms with van der Waals surface area (Å²) < 4.78 is 13.4. The highest BCUT2D eigenvalue weighted by Gasteiger charge is 2.12. The SMILES string of the molecule is NCC#Cc1cc(CN2CCCC2)ccc1F. The van der Waals surface area contributed by atoms with Gasteiger partial charge in [-0.15, -0.1) is 0 Å². The van der Waals surface area contributed by atoms with Crippen LogP contribution in [0.15, 0.2) is 18.2 Å². The molecule has 90 valence electrons. The predicted octanol–water partition coefficient (Wildman–Crippen LogP) is 1.73. The first kappa shape index (κ1) is 12.1. The van der Waals surface area contributed by atoms with Crippen molar-refractivity contribution in [2.24, 2.45) is 5.73 Å². The normalized spacial score (nSPS) is 15.6. The van der Waals surface area contributed by atoms with Gasteiger partial charge in [-0.3, -0.25) is 4.90 Å². The largest absolute Gasteiger partial charge is 0.320 e. The van der Waals surface area contributed by atoms with Crippen LogP contribution in [0.25, 0.3) is 0 Å². The molecule has 2 rings (SSSR count). The van der Waals surface area contributed by atoms with Gasteiger partial charge < -0.3 is 5.73 Å². The van der Waals surface area contributed by atoms with Crippen molar-refractivity contribution in [2.75, 3.05) is 19.6 Å². The van der Waals surface area contributed by atoms with Crippen molar-refractivity contribution >= 4 is 0 Å². The van der Waals surface area contributed by atoms with E-state index in [4.69, 9.17) is 5.73 Å². The van der Waals surface area contributed by atoms with Crippen LogP contribution in [0, 0.1) is 17.7 Å². The van der Waals surface area contributed by atoms with E-state index in [0.717, 1.165) is 25.2 Å². The first-order valence-electron chi connectivity index (χ1n) is 5.99. The number of halogens is 1. The molecule has 0 spiro atoms. The molecular weight excluding hydrogens is 215 g/mol. The molecule has 3 heteroatoms. The van der Waals surface area contributed by atoms with E-state index in [2.05, 4.69) is 16.7 Å². The van der Waals surface area contributed by atoms with Crippen molar-refractivity contribution < 1.29 is 4.39 Å². The first-order chi connectivity index (χ1) is 8.29. The number of likely N-dealkylation sites (tertiary alicyclic amines) is 1. The van der Waals surface area contributed by atoms with E-state index in [1.54, 1.807) is 0 Å². The fourth-order valence-corrected chi connectivity index (χ4v) is 2.11. The topological polar surface area (TPSA) is 29.3 Å². The minimum Gasteiger partial charge on any atom is -0.320 e. The Morgan fingerprint density at radius 1 is 1.29 bits per heavy atom. The van der Waals surface area contributed by atoms with Gasteiger partial charge in [-0.1, -0.05) is 17.9 Å². The Hall–Kier alpha value is -1.37. The third kappa shape index (κ3) is 3.29. The van der Waals surface area contributed by atoms with E-state index < -0.39 is 0 Å². The van der Waals surface area contributed by atoms with Crippen LogP contribution in [0.3, 0.4) is 0 Å². The van der Waals surface area contributed by atoms with Gasteiger partial charge in [0.05, 0.1) is 12.1 Å². The molecule has 0 atom stereocenters. The molecule has 0 radical (unpaired) electrons. The second-order valence-corrected chi connectivity index (χ2v) is 4.30. The number of nitrogens with two attached hydrogens (primary N) is 1. The minimum atomic E-state index is -0.267. The van der Waals surface area contributed by atoms with Crippen molar-refractivity contribution in [1.29, 1.82) is 0 Å². The van der Waals surface area contributed by atoms with Gasteiger partial charge in [0, 0.05) is 6.54 Å². The van der Waals surface area contributed by atoms with Gasteiger partial charge in [-0.25, -0.2) is 4.39 Å². The van der Waals surface area contributed by atoms with Crippen molar-refractivity contribution in [3.63, 3.8) is 0 Å². The van der Waals surface area contributed by atoms with Gasteiger partial charge in [0.15, 0.2) is 0 Å². The lowest BCUT2D eigenvalue weighted by molar-refractivity contribution is 0.331. The Balaban J connectivity index is 2.12. The smallest absolute Gasteiger partial charge is 0.138 e. The Morgan fingerprint density at radius 3 is 2.76 bits per heavy atom. The quantitative estimate of drug-likeness (QED) is 0.787. The molecule has 0 saturated carbocycles. The Bertz CT molecular complexity index is 439. The number of hydrogen-bond donors (Lipinski definition) is 1. The van der Waals surface area contributed by atoms with Crippen molar-refractivity contribution in [3.8, 4) is 11.8 Å². The molecule has 1 fully saturated rings. The average Bonchev–Trinajstić information content (AvgIpc) is 2.82. The minimum absolute atomic E-state index is 0.260. The fourth-order valence-electron chi connectivity index (χ4n) is 2.11. The van der Waals surface area contributed by atoms with Crippen LogP contribution in [0.4, 0.5) is 4.39 Å². The molecule has 0 aromatic heterocycles. The van der Waals surface area contributed by atoms with E-state index >= 15 is 0 Å². The second kappa shape index (κ2) is 5.81. The molecular formula is C14H17FN2. The summed E-state index contributed by atoms with van der Waals surface area (Å²) >= 11 is 0. The molecule has 1 aliphatic heterocycles. The lowest BCUT2D eigenvalue weighted by Crippen LogP contribution is -2.18. The molecule has 2 N–H and O–H groups in total. The predicted molar refractivity (Wildman–Crippen MR) is 66.8 cm³/mol.